The van der Waals surface area contributed by atoms with E-state index in [1.807, 2.05) is 54.6 Å². The topological polar surface area (TPSA) is 122 Å². The van der Waals surface area contributed by atoms with Gasteiger partial charge in [-0.05, 0) is 72.6 Å². The second-order valence-electron chi connectivity index (χ2n) is 9.76. The van der Waals surface area contributed by atoms with Crippen LogP contribution in [-0.2, 0) is 10.0 Å². The highest BCUT2D eigenvalue weighted by Gasteiger charge is 2.24. The van der Waals surface area contributed by atoms with E-state index in [9.17, 15) is 8.42 Å². The molecule has 0 bridgehead atoms. The fourth-order valence-electron chi connectivity index (χ4n) is 5.00. The lowest BCUT2D eigenvalue weighted by atomic mass is 9.82. The molecular weight excluding hydrogens is 484 g/mol. The van der Waals surface area contributed by atoms with Crippen molar-refractivity contribution in [1.82, 2.24) is 14.7 Å². The second-order valence-corrected chi connectivity index (χ2v) is 11.5. The summed E-state index contributed by atoms with van der Waals surface area (Å²) in [6.45, 7) is 2.45. The van der Waals surface area contributed by atoms with Crippen molar-refractivity contribution < 1.29 is 8.42 Å². The van der Waals surface area contributed by atoms with E-state index in [0.717, 1.165) is 59.7 Å². The van der Waals surface area contributed by atoms with Gasteiger partial charge in [0.1, 0.15) is 5.82 Å². The monoisotopic (exact) mass is 518 g/mol. The summed E-state index contributed by atoms with van der Waals surface area (Å²) in [5, 5.41) is 9.66. The predicted molar refractivity (Wildman–Crippen MR) is 150 cm³/mol. The number of rotatable bonds is 10. The molecule has 1 aliphatic rings. The van der Waals surface area contributed by atoms with Gasteiger partial charge in [0.15, 0.2) is 0 Å². The number of nitrogens with two attached hydrogens (primary N) is 1. The summed E-state index contributed by atoms with van der Waals surface area (Å²) in [5.74, 6) is 2.25. The van der Waals surface area contributed by atoms with Gasteiger partial charge in [-0.2, -0.15) is 4.98 Å². The first-order chi connectivity index (χ1) is 18.0. The zero-order chi connectivity index (χ0) is 25.7. The lowest BCUT2D eigenvalue weighted by molar-refractivity contribution is 0.284. The van der Waals surface area contributed by atoms with E-state index >= 15 is 0 Å². The van der Waals surface area contributed by atoms with Crippen molar-refractivity contribution in [1.29, 1.82) is 0 Å². The van der Waals surface area contributed by atoms with Gasteiger partial charge in [-0.3, -0.25) is 0 Å². The lowest BCUT2D eigenvalue weighted by Crippen LogP contribution is -2.32. The van der Waals surface area contributed by atoms with Gasteiger partial charge in [-0.1, -0.05) is 42.5 Å². The molecule has 0 spiro atoms. The maximum absolute atomic E-state index is 12.9. The van der Waals surface area contributed by atoms with Crippen LogP contribution in [0.1, 0.15) is 25.7 Å². The molecule has 0 amide bonds. The quantitative estimate of drug-likeness (QED) is 0.246. The zero-order valence-electron chi connectivity index (χ0n) is 20.9. The number of hydrogen-bond acceptors (Lipinski definition) is 7. The fourth-order valence-corrected chi connectivity index (χ4v) is 6.15. The van der Waals surface area contributed by atoms with Crippen LogP contribution in [0.5, 0.6) is 0 Å². The average molecular weight is 519 g/mol. The van der Waals surface area contributed by atoms with E-state index in [4.69, 9.17) is 5.73 Å². The SMILES string of the molecule is NCCNc1nc(NCC2CCC(CNS(=O)(=O)c3ccc4ccccc4c3)CC2)nc2ccccc12. The highest BCUT2D eigenvalue weighted by molar-refractivity contribution is 7.89. The molecule has 1 aliphatic carbocycles. The van der Waals surface area contributed by atoms with Crippen molar-refractivity contribution in [2.45, 2.75) is 30.6 Å². The van der Waals surface area contributed by atoms with Gasteiger partial charge in [-0.15, -0.1) is 0 Å². The second kappa shape index (κ2) is 11.4. The highest BCUT2D eigenvalue weighted by Crippen LogP contribution is 2.29. The minimum Gasteiger partial charge on any atom is -0.368 e. The molecule has 1 saturated carbocycles. The van der Waals surface area contributed by atoms with Crippen LogP contribution < -0.4 is 21.1 Å². The first-order valence-electron chi connectivity index (χ1n) is 12.9. The number of anilines is 2. The van der Waals surface area contributed by atoms with Gasteiger partial charge in [0.05, 0.1) is 10.4 Å². The van der Waals surface area contributed by atoms with Crippen LogP contribution in [0.4, 0.5) is 11.8 Å². The third-order valence-electron chi connectivity index (χ3n) is 7.15. The Labute approximate surface area is 218 Å². The van der Waals surface area contributed by atoms with Gasteiger partial charge in [0.25, 0.3) is 0 Å². The summed E-state index contributed by atoms with van der Waals surface area (Å²) in [6, 6.07) is 21.0. The summed E-state index contributed by atoms with van der Waals surface area (Å²) in [5.41, 5.74) is 6.55. The van der Waals surface area contributed by atoms with Crippen molar-refractivity contribution in [3.05, 3.63) is 66.7 Å². The Morgan fingerprint density at radius 2 is 1.51 bits per heavy atom. The number of para-hydroxylation sites is 1. The highest BCUT2D eigenvalue weighted by atomic mass is 32.2. The number of nitrogens with one attached hydrogen (secondary N) is 3. The largest absolute Gasteiger partial charge is 0.368 e. The Morgan fingerprint density at radius 1 is 0.811 bits per heavy atom. The first-order valence-corrected chi connectivity index (χ1v) is 14.4. The molecule has 4 aromatic rings. The molecule has 194 valence electrons. The predicted octanol–water partition coefficient (Wildman–Crippen LogP) is 4.35. The summed E-state index contributed by atoms with van der Waals surface area (Å²) >= 11 is 0. The van der Waals surface area contributed by atoms with Crippen LogP contribution in [0.25, 0.3) is 21.7 Å². The summed E-state index contributed by atoms with van der Waals surface area (Å²) in [4.78, 5) is 9.67. The van der Waals surface area contributed by atoms with Crippen LogP contribution in [0.3, 0.4) is 0 Å². The van der Waals surface area contributed by atoms with E-state index in [2.05, 4.69) is 25.3 Å². The van der Waals surface area contributed by atoms with E-state index in [1.54, 1.807) is 12.1 Å². The molecule has 0 unspecified atom stereocenters. The van der Waals surface area contributed by atoms with E-state index in [1.165, 1.54) is 0 Å². The maximum Gasteiger partial charge on any atom is 0.240 e. The normalized spacial score (nSPS) is 18.2. The maximum atomic E-state index is 12.9. The van der Waals surface area contributed by atoms with Crippen LogP contribution in [0.2, 0.25) is 0 Å². The summed E-state index contributed by atoms with van der Waals surface area (Å²) in [7, 11) is -3.53. The number of benzene rings is 3. The smallest absolute Gasteiger partial charge is 0.240 e. The Bertz CT molecular complexity index is 1470. The van der Waals surface area contributed by atoms with Crippen molar-refractivity contribution in [3.63, 3.8) is 0 Å². The molecule has 1 fully saturated rings. The standard InChI is InChI=1S/C28H34N6O2S/c29-15-16-30-27-25-7-3-4-8-26(25)33-28(34-27)31-18-20-9-11-21(12-10-20)19-32-37(35,36)24-14-13-22-5-1-2-6-23(22)17-24/h1-8,13-14,17,20-21,32H,9-12,15-16,18-19,29H2,(H2,30,31,33,34). The molecule has 0 aliphatic heterocycles. The molecule has 0 radical (unpaired) electrons. The van der Waals surface area contributed by atoms with Gasteiger partial charge in [0.2, 0.25) is 16.0 Å². The molecule has 0 atom stereocenters. The molecule has 5 rings (SSSR count). The van der Waals surface area contributed by atoms with Crippen molar-refractivity contribution in [2.75, 3.05) is 36.8 Å². The van der Waals surface area contributed by atoms with E-state index in [-0.39, 0.29) is 0 Å². The number of nitrogens with zero attached hydrogens (tertiary/aromatic N) is 2. The Hall–Kier alpha value is -3.27. The van der Waals surface area contributed by atoms with Crippen molar-refractivity contribution >= 4 is 43.5 Å². The Balaban J connectivity index is 1.13. The van der Waals surface area contributed by atoms with E-state index < -0.39 is 10.0 Å². The molecule has 37 heavy (non-hydrogen) atoms. The van der Waals surface area contributed by atoms with Crippen molar-refractivity contribution in [2.24, 2.45) is 17.6 Å². The number of fused-ring (bicyclic) bond motifs is 2. The van der Waals surface area contributed by atoms with Crippen LogP contribution in [0, 0.1) is 11.8 Å². The molecular formula is C28H34N6O2S. The number of hydrogen-bond donors (Lipinski definition) is 4. The van der Waals surface area contributed by atoms with Crippen molar-refractivity contribution in [3.8, 4) is 0 Å². The minimum atomic E-state index is -3.53. The third-order valence-corrected chi connectivity index (χ3v) is 8.57. The molecule has 8 nitrogen and oxygen atoms in total. The van der Waals surface area contributed by atoms with Gasteiger partial charge >= 0.3 is 0 Å². The minimum absolute atomic E-state index is 0.319. The first kappa shape index (κ1) is 25.4. The summed E-state index contributed by atoms with van der Waals surface area (Å²) in [6.07, 6.45) is 4.07. The zero-order valence-corrected chi connectivity index (χ0v) is 21.7. The van der Waals surface area contributed by atoms with Gasteiger partial charge < -0.3 is 16.4 Å². The molecule has 1 heterocycles. The Morgan fingerprint density at radius 3 is 2.30 bits per heavy atom. The van der Waals surface area contributed by atoms with Crippen LogP contribution in [0.15, 0.2) is 71.6 Å². The third kappa shape index (κ3) is 6.18. The summed E-state index contributed by atoms with van der Waals surface area (Å²) < 4.78 is 28.6. The number of aromatic nitrogens is 2. The molecule has 1 aromatic heterocycles. The Kier molecular flexibility index (Phi) is 7.83. The molecule has 9 heteroatoms. The van der Waals surface area contributed by atoms with Crippen LogP contribution >= 0.6 is 0 Å². The fraction of sp³-hybridized carbons (Fsp3) is 0.357. The number of sulfonamides is 1. The van der Waals surface area contributed by atoms with Gasteiger partial charge in [0, 0.05) is 31.6 Å². The average Bonchev–Trinajstić information content (AvgIpc) is 2.94. The van der Waals surface area contributed by atoms with Gasteiger partial charge in [-0.25, -0.2) is 18.1 Å². The van der Waals surface area contributed by atoms with Crippen LogP contribution in [-0.4, -0.2) is 44.6 Å². The lowest BCUT2D eigenvalue weighted by Gasteiger charge is -2.28. The molecule has 3 aromatic carbocycles. The molecule has 5 N–H and O–H groups in total. The molecule has 0 saturated heterocycles. The van der Waals surface area contributed by atoms with E-state index in [0.29, 0.717) is 42.3 Å².